The number of fused-ring (bicyclic) bond motifs is 3. The molecule has 0 aliphatic heterocycles. The highest BCUT2D eigenvalue weighted by molar-refractivity contribution is 5.93. The van der Waals surface area contributed by atoms with Crippen LogP contribution in [0.3, 0.4) is 0 Å². The van der Waals surface area contributed by atoms with E-state index in [1.807, 2.05) is 13.0 Å². The standard InChI is InChI=1S/C32H42F3NO4/c1-5-38-27(37)30(4)16-7-15-29(3)24(30)14-18-31-20-26(28(2,21-31)17-13-25(29)31)36-39-19-6-8-22-9-11-23(12-10-22)40-32(33,34)35/h6,8-12,24-25H,5,7,13-21H2,1-4H3/b8-6+,36-26+/t24-,25-,28-,29+,30+,31-/m0/s1. The van der Waals surface area contributed by atoms with Crippen LogP contribution in [0.5, 0.6) is 5.75 Å². The van der Waals surface area contributed by atoms with Crippen LogP contribution in [0, 0.1) is 33.5 Å². The molecule has 0 radical (unpaired) electrons. The number of ether oxygens (including phenoxy) is 2. The molecule has 220 valence electrons. The van der Waals surface area contributed by atoms with Crippen LogP contribution in [0.25, 0.3) is 6.08 Å². The summed E-state index contributed by atoms with van der Waals surface area (Å²) in [5, 5.41) is 4.66. The third kappa shape index (κ3) is 5.16. The molecule has 1 aromatic rings. The normalized spacial score (nSPS) is 38.1. The van der Waals surface area contributed by atoms with Crippen molar-refractivity contribution in [2.45, 2.75) is 91.8 Å². The van der Waals surface area contributed by atoms with E-state index in [2.05, 4.69) is 30.7 Å². The summed E-state index contributed by atoms with van der Waals surface area (Å²) in [5.74, 6) is 0.664. The molecule has 8 heteroatoms. The maximum absolute atomic E-state index is 13.2. The maximum atomic E-state index is 13.2. The molecule has 0 N–H and O–H groups in total. The molecule has 0 aromatic heterocycles. The number of carbonyl (C=O) groups is 1. The monoisotopic (exact) mass is 561 g/mol. The number of alkyl halides is 3. The largest absolute Gasteiger partial charge is 0.573 e. The predicted molar refractivity (Wildman–Crippen MR) is 147 cm³/mol. The first-order valence-corrected chi connectivity index (χ1v) is 14.7. The SMILES string of the molecule is CCOC(=O)[C@]1(C)CCC[C@@]2(C)[C@@H]3CC[C@@]4(C)C[C@]3(CC[C@@H]21)C/C4=N\OC/C=C/c1ccc(OC(F)(F)F)cc1. The Morgan fingerprint density at radius 1 is 1.05 bits per heavy atom. The van der Waals surface area contributed by atoms with Crippen LogP contribution in [0.4, 0.5) is 13.2 Å². The second kappa shape index (κ2) is 10.4. The second-order valence-corrected chi connectivity index (χ2v) is 13.3. The van der Waals surface area contributed by atoms with Gasteiger partial charge in [0.2, 0.25) is 0 Å². The fraction of sp³-hybridized carbons (Fsp3) is 0.688. The van der Waals surface area contributed by atoms with Gasteiger partial charge in [-0.1, -0.05) is 43.6 Å². The minimum Gasteiger partial charge on any atom is -0.466 e. The lowest BCUT2D eigenvalue weighted by Crippen LogP contribution is -2.58. The number of rotatable bonds is 7. The van der Waals surface area contributed by atoms with E-state index in [4.69, 9.17) is 9.57 Å². The number of oxime groups is 1. The number of carbonyl (C=O) groups excluding carboxylic acids is 1. The Balaban J connectivity index is 1.25. The van der Waals surface area contributed by atoms with Gasteiger partial charge in [0.1, 0.15) is 12.4 Å². The van der Waals surface area contributed by atoms with E-state index in [-0.39, 0.29) is 34.6 Å². The van der Waals surface area contributed by atoms with Gasteiger partial charge >= 0.3 is 12.3 Å². The molecular formula is C32H42F3NO4. The van der Waals surface area contributed by atoms with Gasteiger partial charge in [0.25, 0.3) is 0 Å². The Morgan fingerprint density at radius 2 is 1.77 bits per heavy atom. The van der Waals surface area contributed by atoms with Gasteiger partial charge in [-0.25, -0.2) is 0 Å². The molecule has 4 fully saturated rings. The van der Waals surface area contributed by atoms with Gasteiger partial charge < -0.3 is 14.3 Å². The van der Waals surface area contributed by atoms with E-state index in [0.717, 1.165) is 62.6 Å². The Hall–Kier alpha value is -2.51. The molecule has 2 bridgehead atoms. The van der Waals surface area contributed by atoms with Crippen LogP contribution in [0.15, 0.2) is 35.5 Å². The van der Waals surface area contributed by atoms with Crippen molar-refractivity contribution in [3.8, 4) is 5.75 Å². The highest BCUT2D eigenvalue weighted by atomic mass is 19.4. The first-order chi connectivity index (χ1) is 18.8. The molecule has 40 heavy (non-hydrogen) atoms. The lowest BCUT2D eigenvalue weighted by Gasteiger charge is -2.64. The lowest BCUT2D eigenvalue weighted by molar-refractivity contribution is -0.274. The average Bonchev–Trinajstić information content (AvgIpc) is 3.08. The Kier molecular flexibility index (Phi) is 7.54. The van der Waals surface area contributed by atoms with E-state index >= 15 is 0 Å². The molecule has 4 saturated carbocycles. The Labute approximate surface area is 235 Å². The number of esters is 1. The minimum atomic E-state index is -4.70. The Morgan fingerprint density at radius 3 is 2.48 bits per heavy atom. The maximum Gasteiger partial charge on any atom is 0.573 e. The van der Waals surface area contributed by atoms with Crippen molar-refractivity contribution in [1.82, 2.24) is 0 Å². The van der Waals surface area contributed by atoms with Crippen molar-refractivity contribution < 1.29 is 32.3 Å². The molecule has 6 atom stereocenters. The summed E-state index contributed by atoms with van der Waals surface area (Å²) in [6, 6.07) is 5.72. The predicted octanol–water partition coefficient (Wildman–Crippen LogP) is 8.34. The highest BCUT2D eigenvalue weighted by Crippen LogP contribution is 2.73. The summed E-state index contributed by atoms with van der Waals surface area (Å²) in [6.07, 6.45) is 8.59. The van der Waals surface area contributed by atoms with Gasteiger partial charge in [-0.05, 0) is 112 Å². The molecule has 5 nitrogen and oxygen atoms in total. The third-order valence-corrected chi connectivity index (χ3v) is 10.9. The van der Waals surface area contributed by atoms with Gasteiger partial charge in [0.05, 0.1) is 17.7 Å². The van der Waals surface area contributed by atoms with Crippen LogP contribution in [-0.4, -0.2) is 31.3 Å². The van der Waals surface area contributed by atoms with Crippen LogP contribution < -0.4 is 4.74 Å². The highest BCUT2D eigenvalue weighted by Gasteiger charge is 2.67. The second-order valence-electron chi connectivity index (χ2n) is 13.3. The van der Waals surface area contributed by atoms with Gasteiger partial charge in [0, 0.05) is 5.41 Å². The van der Waals surface area contributed by atoms with E-state index in [0.29, 0.717) is 18.4 Å². The average molecular weight is 562 g/mol. The molecule has 4 aliphatic rings. The van der Waals surface area contributed by atoms with Gasteiger partial charge in [-0.2, -0.15) is 0 Å². The van der Waals surface area contributed by atoms with Crippen molar-refractivity contribution in [1.29, 1.82) is 0 Å². The van der Waals surface area contributed by atoms with Gasteiger partial charge in [-0.3, -0.25) is 4.79 Å². The number of nitrogens with zero attached hydrogens (tertiary/aromatic N) is 1. The molecule has 1 spiro atoms. The summed E-state index contributed by atoms with van der Waals surface area (Å²) in [7, 11) is 0. The molecule has 0 saturated heterocycles. The fourth-order valence-electron chi connectivity index (χ4n) is 9.33. The van der Waals surface area contributed by atoms with Crippen molar-refractivity contribution in [2.75, 3.05) is 13.2 Å². The summed E-state index contributed by atoms with van der Waals surface area (Å²) in [6.45, 7) is 9.56. The van der Waals surface area contributed by atoms with E-state index in [1.165, 1.54) is 18.6 Å². The molecule has 0 unspecified atom stereocenters. The number of halogens is 3. The van der Waals surface area contributed by atoms with Crippen molar-refractivity contribution in [3.63, 3.8) is 0 Å². The molecule has 4 aliphatic carbocycles. The van der Waals surface area contributed by atoms with E-state index < -0.39 is 11.8 Å². The number of hydrogen-bond acceptors (Lipinski definition) is 5. The smallest absolute Gasteiger partial charge is 0.466 e. The van der Waals surface area contributed by atoms with Crippen molar-refractivity contribution >= 4 is 17.8 Å². The first-order valence-electron chi connectivity index (χ1n) is 14.7. The van der Waals surface area contributed by atoms with E-state index in [9.17, 15) is 18.0 Å². The summed E-state index contributed by atoms with van der Waals surface area (Å²) < 4.78 is 46.6. The molecule has 0 heterocycles. The zero-order chi connectivity index (χ0) is 28.8. The van der Waals surface area contributed by atoms with E-state index in [1.54, 1.807) is 18.2 Å². The van der Waals surface area contributed by atoms with Crippen LogP contribution in [0.2, 0.25) is 0 Å². The van der Waals surface area contributed by atoms with Crippen molar-refractivity contribution in [3.05, 3.63) is 35.9 Å². The molecule has 0 amide bonds. The fourth-order valence-corrected chi connectivity index (χ4v) is 9.33. The van der Waals surface area contributed by atoms with Gasteiger partial charge in [-0.15, -0.1) is 13.2 Å². The van der Waals surface area contributed by atoms with Crippen LogP contribution in [0.1, 0.15) is 91.0 Å². The van der Waals surface area contributed by atoms with Crippen LogP contribution in [-0.2, 0) is 14.4 Å². The van der Waals surface area contributed by atoms with Crippen molar-refractivity contribution in [2.24, 2.45) is 38.7 Å². The molecular weight excluding hydrogens is 519 g/mol. The zero-order valence-electron chi connectivity index (χ0n) is 24.1. The lowest BCUT2D eigenvalue weighted by atomic mass is 9.40. The third-order valence-electron chi connectivity index (χ3n) is 10.9. The Bertz CT molecular complexity index is 1160. The minimum absolute atomic E-state index is 0.0109. The molecule has 5 rings (SSSR count). The summed E-state index contributed by atoms with van der Waals surface area (Å²) in [5.41, 5.74) is 1.88. The van der Waals surface area contributed by atoms with Gasteiger partial charge in [0.15, 0.2) is 0 Å². The van der Waals surface area contributed by atoms with Crippen LogP contribution >= 0.6 is 0 Å². The first kappa shape index (κ1) is 29.0. The summed E-state index contributed by atoms with van der Waals surface area (Å²) in [4.78, 5) is 18.9. The quantitative estimate of drug-likeness (QED) is 0.191. The number of benzene rings is 1. The topological polar surface area (TPSA) is 57.1 Å². The molecule has 1 aromatic carbocycles. The summed E-state index contributed by atoms with van der Waals surface area (Å²) >= 11 is 0. The number of hydrogen-bond donors (Lipinski definition) is 0. The zero-order valence-corrected chi connectivity index (χ0v) is 24.1.